The third-order valence-electron chi connectivity index (χ3n) is 4.31. The van der Waals surface area contributed by atoms with Crippen molar-refractivity contribution in [3.63, 3.8) is 0 Å². The molecule has 2 heteroatoms. The summed E-state index contributed by atoms with van der Waals surface area (Å²) in [4.78, 5) is 0. The molecule has 17 heavy (non-hydrogen) atoms. The number of hydrogen-bond acceptors (Lipinski definition) is 2. The molecule has 0 bridgehead atoms. The third-order valence-corrected chi connectivity index (χ3v) is 4.31. The highest BCUT2D eigenvalue weighted by Crippen LogP contribution is 2.28. The molecular formula is C15H29NO. The lowest BCUT2D eigenvalue weighted by Crippen LogP contribution is -2.35. The fourth-order valence-corrected chi connectivity index (χ4v) is 2.86. The van der Waals surface area contributed by atoms with Crippen molar-refractivity contribution >= 4 is 0 Å². The summed E-state index contributed by atoms with van der Waals surface area (Å²) in [6, 6.07) is 0.789. The molecule has 0 amide bonds. The fraction of sp³-hybridized carbons (Fsp3) is 1.00. The quantitative estimate of drug-likeness (QED) is 0.656. The van der Waals surface area contributed by atoms with Crippen LogP contribution in [0.3, 0.4) is 0 Å². The second-order valence-electron chi connectivity index (χ2n) is 5.96. The lowest BCUT2D eigenvalue weighted by molar-refractivity contribution is 0.120. The van der Waals surface area contributed by atoms with Gasteiger partial charge in [0, 0.05) is 19.3 Å². The van der Waals surface area contributed by atoms with E-state index in [9.17, 15) is 0 Å². The highest BCUT2D eigenvalue weighted by molar-refractivity contribution is 4.77. The molecule has 100 valence electrons. The molecule has 0 aliphatic heterocycles. The van der Waals surface area contributed by atoms with E-state index in [2.05, 4.69) is 12.2 Å². The van der Waals surface area contributed by atoms with E-state index in [1.165, 1.54) is 51.4 Å². The Balaban J connectivity index is 1.43. The maximum Gasteiger partial charge on any atom is 0.0494 e. The van der Waals surface area contributed by atoms with Crippen LogP contribution in [0.2, 0.25) is 0 Å². The van der Waals surface area contributed by atoms with E-state index in [-0.39, 0.29) is 0 Å². The van der Waals surface area contributed by atoms with Crippen molar-refractivity contribution < 1.29 is 4.74 Å². The molecule has 2 nitrogen and oxygen atoms in total. The van der Waals surface area contributed by atoms with Crippen LogP contribution < -0.4 is 5.32 Å². The van der Waals surface area contributed by atoms with Crippen LogP contribution in [0, 0.1) is 11.8 Å². The van der Waals surface area contributed by atoms with Gasteiger partial charge in [-0.2, -0.15) is 0 Å². The van der Waals surface area contributed by atoms with Crippen LogP contribution in [0.4, 0.5) is 0 Å². The van der Waals surface area contributed by atoms with Gasteiger partial charge in [0.25, 0.3) is 0 Å². The summed E-state index contributed by atoms with van der Waals surface area (Å²) in [5.74, 6) is 1.89. The Morgan fingerprint density at radius 3 is 2.76 bits per heavy atom. The van der Waals surface area contributed by atoms with Gasteiger partial charge in [0.1, 0.15) is 0 Å². The van der Waals surface area contributed by atoms with Gasteiger partial charge >= 0.3 is 0 Å². The van der Waals surface area contributed by atoms with Crippen LogP contribution in [0.25, 0.3) is 0 Å². The predicted molar refractivity (Wildman–Crippen MR) is 72.2 cm³/mol. The highest BCUT2D eigenvalue weighted by Gasteiger charge is 2.21. The van der Waals surface area contributed by atoms with Gasteiger partial charge in [-0.1, -0.05) is 26.2 Å². The molecule has 0 aromatic heterocycles. The SMILES string of the molecule is CCC1CCCC(NCCCOCC2CC2)C1. The van der Waals surface area contributed by atoms with Crippen molar-refractivity contribution in [3.05, 3.63) is 0 Å². The first-order valence-corrected chi connectivity index (χ1v) is 7.69. The monoisotopic (exact) mass is 239 g/mol. The molecule has 2 unspecified atom stereocenters. The van der Waals surface area contributed by atoms with Gasteiger partial charge < -0.3 is 10.1 Å². The molecule has 1 N–H and O–H groups in total. The van der Waals surface area contributed by atoms with E-state index >= 15 is 0 Å². The van der Waals surface area contributed by atoms with E-state index < -0.39 is 0 Å². The van der Waals surface area contributed by atoms with Crippen molar-refractivity contribution in [2.75, 3.05) is 19.8 Å². The zero-order chi connectivity index (χ0) is 11.9. The van der Waals surface area contributed by atoms with E-state index in [4.69, 9.17) is 4.74 Å². The smallest absolute Gasteiger partial charge is 0.0494 e. The van der Waals surface area contributed by atoms with Gasteiger partial charge in [-0.25, -0.2) is 0 Å². The number of ether oxygens (including phenoxy) is 1. The van der Waals surface area contributed by atoms with E-state index in [1.54, 1.807) is 0 Å². The molecule has 0 aromatic rings. The largest absolute Gasteiger partial charge is 0.381 e. The van der Waals surface area contributed by atoms with Crippen LogP contribution in [-0.2, 0) is 4.74 Å². The molecule has 0 aromatic carbocycles. The molecule has 2 saturated carbocycles. The first kappa shape index (κ1) is 13.4. The Morgan fingerprint density at radius 2 is 2.00 bits per heavy atom. The number of hydrogen-bond donors (Lipinski definition) is 1. The minimum atomic E-state index is 0.789. The molecule has 0 spiro atoms. The Morgan fingerprint density at radius 1 is 1.12 bits per heavy atom. The Labute approximate surface area is 107 Å². The lowest BCUT2D eigenvalue weighted by atomic mass is 9.84. The van der Waals surface area contributed by atoms with Crippen LogP contribution in [0.15, 0.2) is 0 Å². The molecular weight excluding hydrogens is 210 g/mol. The summed E-state index contributed by atoms with van der Waals surface area (Å²) >= 11 is 0. The summed E-state index contributed by atoms with van der Waals surface area (Å²) in [5.41, 5.74) is 0. The van der Waals surface area contributed by atoms with E-state index in [1.807, 2.05) is 0 Å². The maximum absolute atomic E-state index is 5.65. The lowest BCUT2D eigenvalue weighted by Gasteiger charge is -2.29. The molecule has 2 atom stereocenters. The molecule has 2 rings (SSSR count). The first-order valence-electron chi connectivity index (χ1n) is 7.69. The van der Waals surface area contributed by atoms with Gasteiger partial charge in [0.15, 0.2) is 0 Å². The standard InChI is InChI=1S/C15H29NO/c1-2-13-5-3-6-15(11-13)16-9-4-10-17-12-14-7-8-14/h13-16H,2-12H2,1H3. The summed E-state index contributed by atoms with van der Waals surface area (Å²) in [6.07, 6.45) is 11.0. The topological polar surface area (TPSA) is 21.3 Å². The van der Waals surface area contributed by atoms with E-state index in [0.29, 0.717) is 0 Å². The highest BCUT2D eigenvalue weighted by atomic mass is 16.5. The van der Waals surface area contributed by atoms with Gasteiger partial charge in [-0.15, -0.1) is 0 Å². The third kappa shape index (κ3) is 5.39. The number of nitrogens with one attached hydrogen (secondary N) is 1. The molecule has 0 radical (unpaired) electrons. The van der Waals surface area contributed by atoms with Gasteiger partial charge in [-0.3, -0.25) is 0 Å². The van der Waals surface area contributed by atoms with Gasteiger partial charge in [0.2, 0.25) is 0 Å². The van der Waals surface area contributed by atoms with Crippen LogP contribution >= 0.6 is 0 Å². The van der Waals surface area contributed by atoms with Crippen molar-refractivity contribution in [2.45, 2.75) is 64.3 Å². The normalized spacial score (nSPS) is 29.5. The van der Waals surface area contributed by atoms with Crippen LogP contribution in [0.1, 0.15) is 58.3 Å². The Hall–Kier alpha value is -0.0800. The average molecular weight is 239 g/mol. The molecule has 0 saturated heterocycles. The summed E-state index contributed by atoms with van der Waals surface area (Å²) in [5, 5.41) is 3.71. The second kappa shape index (κ2) is 7.38. The molecule has 2 fully saturated rings. The molecule has 2 aliphatic rings. The van der Waals surface area contributed by atoms with Crippen molar-refractivity contribution in [1.29, 1.82) is 0 Å². The molecule has 2 aliphatic carbocycles. The summed E-state index contributed by atoms with van der Waals surface area (Å²) < 4.78 is 5.65. The van der Waals surface area contributed by atoms with Crippen molar-refractivity contribution in [2.24, 2.45) is 11.8 Å². The predicted octanol–water partition coefficient (Wildman–Crippen LogP) is 3.36. The minimum absolute atomic E-state index is 0.789. The van der Waals surface area contributed by atoms with Crippen molar-refractivity contribution in [1.82, 2.24) is 5.32 Å². The minimum Gasteiger partial charge on any atom is -0.381 e. The Bertz CT molecular complexity index is 203. The molecule has 0 heterocycles. The van der Waals surface area contributed by atoms with E-state index in [0.717, 1.165) is 37.6 Å². The van der Waals surface area contributed by atoms with Crippen molar-refractivity contribution in [3.8, 4) is 0 Å². The summed E-state index contributed by atoms with van der Waals surface area (Å²) in [6.45, 7) is 5.44. The van der Waals surface area contributed by atoms with Gasteiger partial charge in [0.05, 0.1) is 0 Å². The zero-order valence-electron chi connectivity index (χ0n) is 11.4. The average Bonchev–Trinajstić information content (AvgIpc) is 3.18. The zero-order valence-corrected chi connectivity index (χ0v) is 11.4. The first-order chi connectivity index (χ1) is 8.38. The van der Waals surface area contributed by atoms with Crippen LogP contribution in [-0.4, -0.2) is 25.8 Å². The van der Waals surface area contributed by atoms with Gasteiger partial charge in [-0.05, 0) is 50.5 Å². The summed E-state index contributed by atoms with van der Waals surface area (Å²) in [7, 11) is 0. The second-order valence-corrected chi connectivity index (χ2v) is 5.96. The Kier molecular flexibility index (Phi) is 5.79. The van der Waals surface area contributed by atoms with Crippen LogP contribution in [0.5, 0.6) is 0 Å². The fourth-order valence-electron chi connectivity index (χ4n) is 2.86. The number of rotatable bonds is 8. The maximum atomic E-state index is 5.65.